The van der Waals surface area contributed by atoms with Crippen molar-refractivity contribution >= 4 is 17.7 Å². The number of hydrogen-bond acceptors (Lipinski definition) is 2. The Balaban J connectivity index is 2.31. The number of hydrogen-bond donors (Lipinski definition) is 1. The lowest BCUT2D eigenvalue weighted by Crippen LogP contribution is -2.20. The van der Waals surface area contributed by atoms with Crippen LogP contribution < -0.4 is 5.32 Å². The molecule has 0 heterocycles. The Morgan fingerprint density at radius 2 is 2.07 bits per heavy atom. The average molecular weight is 223 g/mol. The van der Waals surface area contributed by atoms with Crippen LogP contribution in [-0.4, -0.2) is 24.5 Å². The van der Waals surface area contributed by atoms with Crippen molar-refractivity contribution in [2.75, 3.05) is 18.6 Å². The monoisotopic (exact) mass is 223 g/mol. The maximum absolute atomic E-state index is 11.0. The second-order valence-corrected chi connectivity index (χ2v) is 4.53. The highest BCUT2D eigenvalue weighted by Gasteiger charge is 2.06. The zero-order valence-corrected chi connectivity index (χ0v) is 10.0. The van der Waals surface area contributed by atoms with Crippen molar-refractivity contribution in [3.05, 3.63) is 35.9 Å². The molecule has 82 valence electrons. The van der Waals surface area contributed by atoms with E-state index < -0.39 is 0 Å². The van der Waals surface area contributed by atoms with Gasteiger partial charge in [0.25, 0.3) is 0 Å². The molecule has 0 aliphatic heterocycles. The minimum Gasteiger partial charge on any atom is -0.358 e. The molecule has 15 heavy (non-hydrogen) atoms. The lowest BCUT2D eigenvalue weighted by molar-refractivity contribution is -0.118. The van der Waals surface area contributed by atoms with Gasteiger partial charge in [-0.1, -0.05) is 37.3 Å². The first-order chi connectivity index (χ1) is 7.24. The Bertz CT molecular complexity index is 300. The Kier molecular flexibility index (Phi) is 5.26. The Labute approximate surface area is 95.5 Å². The van der Waals surface area contributed by atoms with E-state index in [9.17, 15) is 4.79 Å². The number of carbonyl (C=O) groups excluding carboxylic acids is 1. The van der Waals surface area contributed by atoms with Gasteiger partial charge in [-0.25, -0.2) is 0 Å². The normalized spacial score (nSPS) is 12.1. The van der Waals surface area contributed by atoms with Crippen molar-refractivity contribution in [1.82, 2.24) is 5.32 Å². The fraction of sp³-hybridized carbons (Fsp3) is 0.417. The average Bonchev–Trinajstić information content (AvgIpc) is 2.29. The van der Waals surface area contributed by atoms with E-state index in [1.54, 1.807) is 18.8 Å². The van der Waals surface area contributed by atoms with Gasteiger partial charge in [0.05, 0.1) is 5.75 Å². The molecule has 0 spiro atoms. The molecule has 1 unspecified atom stereocenters. The molecule has 0 bridgehead atoms. The summed E-state index contributed by atoms with van der Waals surface area (Å²) in [7, 11) is 1.67. The first kappa shape index (κ1) is 12.1. The highest BCUT2D eigenvalue weighted by atomic mass is 32.2. The topological polar surface area (TPSA) is 29.1 Å². The molecule has 1 aromatic carbocycles. The van der Waals surface area contributed by atoms with E-state index in [2.05, 4.69) is 36.5 Å². The quantitative estimate of drug-likeness (QED) is 0.829. The number of thioether (sulfide) groups is 1. The summed E-state index contributed by atoms with van der Waals surface area (Å²) >= 11 is 1.68. The summed E-state index contributed by atoms with van der Waals surface area (Å²) in [6.07, 6.45) is 0. The van der Waals surface area contributed by atoms with Crippen LogP contribution >= 0.6 is 11.8 Å². The van der Waals surface area contributed by atoms with Crippen LogP contribution in [0.25, 0.3) is 0 Å². The first-order valence-electron chi connectivity index (χ1n) is 5.07. The number of benzene rings is 1. The van der Waals surface area contributed by atoms with E-state index in [-0.39, 0.29) is 5.91 Å². The van der Waals surface area contributed by atoms with Crippen LogP contribution in [0.15, 0.2) is 30.3 Å². The van der Waals surface area contributed by atoms with Gasteiger partial charge in [0.1, 0.15) is 0 Å². The fourth-order valence-corrected chi connectivity index (χ4v) is 2.27. The van der Waals surface area contributed by atoms with Crippen molar-refractivity contribution in [3.63, 3.8) is 0 Å². The second-order valence-electron chi connectivity index (χ2n) is 3.50. The van der Waals surface area contributed by atoms with Gasteiger partial charge >= 0.3 is 0 Å². The molecule has 0 saturated carbocycles. The zero-order chi connectivity index (χ0) is 11.1. The summed E-state index contributed by atoms with van der Waals surface area (Å²) in [5.41, 5.74) is 1.34. The molecule has 1 aromatic rings. The van der Waals surface area contributed by atoms with Crippen LogP contribution in [0.5, 0.6) is 0 Å². The molecule has 1 atom stereocenters. The van der Waals surface area contributed by atoms with Crippen LogP contribution in [0, 0.1) is 0 Å². The fourth-order valence-electron chi connectivity index (χ4n) is 1.28. The molecule has 1 N–H and O–H groups in total. The highest BCUT2D eigenvalue weighted by molar-refractivity contribution is 7.99. The Morgan fingerprint density at radius 3 is 2.67 bits per heavy atom. The van der Waals surface area contributed by atoms with Gasteiger partial charge in [-0.3, -0.25) is 4.79 Å². The molecule has 0 radical (unpaired) electrons. The smallest absolute Gasteiger partial charge is 0.229 e. The van der Waals surface area contributed by atoms with Crippen molar-refractivity contribution in [2.45, 2.75) is 12.8 Å². The summed E-state index contributed by atoms with van der Waals surface area (Å²) in [4.78, 5) is 11.0. The van der Waals surface area contributed by atoms with Crippen LogP contribution in [-0.2, 0) is 4.79 Å². The third-order valence-electron chi connectivity index (χ3n) is 2.25. The minimum atomic E-state index is 0.0975. The largest absolute Gasteiger partial charge is 0.358 e. The zero-order valence-electron chi connectivity index (χ0n) is 9.19. The summed E-state index contributed by atoms with van der Waals surface area (Å²) in [6.45, 7) is 2.19. The third kappa shape index (κ3) is 4.38. The van der Waals surface area contributed by atoms with E-state index in [1.165, 1.54) is 5.56 Å². The van der Waals surface area contributed by atoms with Gasteiger partial charge in [0.15, 0.2) is 0 Å². The van der Waals surface area contributed by atoms with Crippen molar-refractivity contribution in [3.8, 4) is 0 Å². The lowest BCUT2D eigenvalue weighted by atomic mass is 10.0. The molecule has 0 saturated heterocycles. The van der Waals surface area contributed by atoms with E-state index in [0.717, 1.165) is 5.75 Å². The number of amides is 1. The summed E-state index contributed by atoms with van der Waals surface area (Å²) < 4.78 is 0. The highest BCUT2D eigenvalue weighted by Crippen LogP contribution is 2.19. The van der Waals surface area contributed by atoms with E-state index >= 15 is 0 Å². The maximum atomic E-state index is 11.0. The van der Waals surface area contributed by atoms with Crippen LogP contribution in [0.1, 0.15) is 18.4 Å². The standard InChI is InChI=1S/C12H17NOS/c1-10(8-15-9-12(14)13-2)11-6-4-3-5-7-11/h3-7,10H,8-9H2,1-2H3,(H,13,14). The van der Waals surface area contributed by atoms with Gasteiger partial charge in [-0.05, 0) is 11.5 Å². The molecular weight excluding hydrogens is 206 g/mol. The summed E-state index contributed by atoms with van der Waals surface area (Å²) in [5, 5.41) is 2.62. The van der Waals surface area contributed by atoms with Crippen LogP contribution in [0.3, 0.4) is 0 Å². The van der Waals surface area contributed by atoms with Gasteiger partial charge in [-0.15, -0.1) is 0 Å². The number of nitrogens with one attached hydrogen (secondary N) is 1. The first-order valence-corrected chi connectivity index (χ1v) is 6.22. The van der Waals surface area contributed by atoms with Gasteiger partial charge in [0.2, 0.25) is 5.91 Å². The predicted octanol–water partition coefficient (Wildman–Crippen LogP) is 2.27. The molecular formula is C12H17NOS. The molecule has 1 rings (SSSR count). The van der Waals surface area contributed by atoms with E-state index in [4.69, 9.17) is 0 Å². The van der Waals surface area contributed by atoms with Crippen LogP contribution in [0.2, 0.25) is 0 Å². The van der Waals surface area contributed by atoms with Crippen molar-refractivity contribution < 1.29 is 4.79 Å². The van der Waals surface area contributed by atoms with E-state index in [0.29, 0.717) is 11.7 Å². The molecule has 0 aromatic heterocycles. The molecule has 3 heteroatoms. The lowest BCUT2D eigenvalue weighted by Gasteiger charge is -2.10. The molecule has 0 fully saturated rings. The van der Waals surface area contributed by atoms with Gasteiger partial charge in [-0.2, -0.15) is 11.8 Å². The summed E-state index contributed by atoms with van der Waals surface area (Å²) in [5.74, 6) is 2.13. The second kappa shape index (κ2) is 6.51. The van der Waals surface area contributed by atoms with Gasteiger partial charge < -0.3 is 5.32 Å². The Morgan fingerprint density at radius 1 is 1.40 bits per heavy atom. The Hall–Kier alpha value is -0.960. The molecule has 1 amide bonds. The van der Waals surface area contributed by atoms with Crippen molar-refractivity contribution in [1.29, 1.82) is 0 Å². The van der Waals surface area contributed by atoms with Gasteiger partial charge in [0, 0.05) is 12.8 Å². The van der Waals surface area contributed by atoms with E-state index in [1.807, 2.05) is 6.07 Å². The van der Waals surface area contributed by atoms with Crippen LogP contribution in [0.4, 0.5) is 0 Å². The maximum Gasteiger partial charge on any atom is 0.229 e. The number of rotatable bonds is 5. The van der Waals surface area contributed by atoms with Crippen molar-refractivity contribution in [2.24, 2.45) is 0 Å². The molecule has 0 aliphatic carbocycles. The molecule has 2 nitrogen and oxygen atoms in total. The third-order valence-corrected chi connectivity index (χ3v) is 3.45. The minimum absolute atomic E-state index is 0.0975. The predicted molar refractivity (Wildman–Crippen MR) is 66.2 cm³/mol. The number of carbonyl (C=O) groups is 1. The molecule has 0 aliphatic rings. The summed E-state index contributed by atoms with van der Waals surface area (Å²) in [6, 6.07) is 10.4. The SMILES string of the molecule is CNC(=O)CSCC(C)c1ccccc1.